The highest BCUT2D eigenvalue weighted by molar-refractivity contribution is 5.62. The number of pyridine rings is 1. The molecule has 5 heteroatoms. The van der Waals surface area contributed by atoms with E-state index in [-0.39, 0.29) is 0 Å². The Morgan fingerprint density at radius 2 is 2.33 bits per heavy atom. The van der Waals surface area contributed by atoms with Crippen LogP contribution in [0.3, 0.4) is 0 Å². The van der Waals surface area contributed by atoms with Gasteiger partial charge in [0.15, 0.2) is 5.82 Å². The Kier molecular flexibility index (Phi) is 2.62. The van der Waals surface area contributed by atoms with Gasteiger partial charge in [0.1, 0.15) is 11.6 Å². The number of aromatic nitrogens is 4. The Hall–Kier alpha value is -1.91. The summed E-state index contributed by atoms with van der Waals surface area (Å²) in [6.45, 7) is 4.39. The maximum absolute atomic E-state index is 5.44. The molecular formula is C10H12N4O. The third-order valence-electron chi connectivity index (χ3n) is 1.92. The Morgan fingerprint density at radius 1 is 1.47 bits per heavy atom. The first-order valence-corrected chi connectivity index (χ1v) is 4.77. The third-order valence-corrected chi connectivity index (χ3v) is 1.92. The van der Waals surface area contributed by atoms with Crippen LogP contribution in [0.2, 0.25) is 0 Å². The smallest absolute Gasteiger partial charge is 0.184 e. The largest absolute Gasteiger partial charge is 0.491 e. The molecule has 2 heterocycles. The summed E-state index contributed by atoms with van der Waals surface area (Å²) in [7, 11) is 0. The van der Waals surface area contributed by atoms with Gasteiger partial charge in [0.05, 0.1) is 18.4 Å². The van der Waals surface area contributed by atoms with Gasteiger partial charge < -0.3 is 4.74 Å². The Morgan fingerprint density at radius 3 is 3.00 bits per heavy atom. The number of nitrogens with zero attached hydrogens (tertiary/aromatic N) is 3. The number of aryl methyl sites for hydroxylation is 1. The quantitative estimate of drug-likeness (QED) is 0.824. The molecule has 0 aromatic carbocycles. The van der Waals surface area contributed by atoms with E-state index in [4.69, 9.17) is 4.74 Å². The van der Waals surface area contributed by atoms with Crippen LogP contribution in [0.4, 0.5) is 0 Å². The van der Waals surface area contributed by atoms with Gasteiger partial charge in [0.25, 0.3) is 0 Å². The summed E-state index contributed by atoms with van der Waals surface area (Å²) in [5.74, 6) is 2.13. The first kappa shape index (κ1) is 9.64. The molecule has 0 bridgehead atoms. The number of H-pyrrole nitrogens is 1. The summed E-state index contributed by atoms with van der Waals surface area (Å²) in [5.41, 5.74) is 0.858. The monoisotopic (exact) mass is 204 g/mol. The number of hydrogen-bond donors (Lipinski definition) is 1. The van der Waals surface area contributed by atoms with Gasteiger partial charge in [0.2, 0.25) is 0 Å². The summed E-state index contributed by atoms with van der Waals surface area (Å²) in [5, 5.41) is 6.88. The number of hydrogen-bond acceptors (Lipinski definition) is 4. The lowest BCUT2D eigenvalue weighted by Crippen LogP contribution is -1.95. The van der Waals surface area contributed by atoms with Crippen molar-refractivity contribution in [3.8, 4) is 17.1 Å². The molecular weight excluding hydrogens is 192 g/mol. The molecule has 1 N–H and O–H groups in total. The molecule has 78 valence electrons. The Labute approximate surface area is 87.5 Å². The molecule has 0 saturated heterocycles. The molecule has 2 aromatic heterocycles. The van der Waals surface area contributed by atoms with Crippen LogP contribution < -0.4 is 4.74 Å². The van der Waals surface area contributed by atoms with Gasteiger partial charge in [-0.15, -0.1) is 0 Å². The van der Waals surface area contributed by atoms with E-state index >= 15 is 0 Å². The highest BCUT2D eigenvalue weighted by atomic mass is 16.5. The minimum absolute atomic E-state index is 0.599. The molecule has 0 spiro atoms. The zero-order chi connectivity index (χ0) is 10.7. The predicted molar refractivity (Wildman–Crippen MR) is 55.5 cm³/mol. The normalized spacial score (nSPS) is 10.3. The minimum Gasteiger partial charge on any atom is -0.491 e. The lowest BCUT2D eigenvalue weighted by Gasteiger charge is -2.05. The molecule has 2 rings (SSSR count). The van der Waals surface area contributed by atoms with Crippen molar-refractivity contribution in [3.63, 3.8) is 0 Å². The van der Waals surface area contributed by atoms with E-state index in [2.05, 4.69) is 20.2 Å². The van der Waals surface area contributed by atoms with Crippen molar-refractivity contribution < 1.29 is 4.74 Å². The van der Waals surface area contributed by atoms with Gasteiger partial charge >= 0.3 is 0 Å². The van der Waals surface area contributed by atoms with E-state index < -0.39 is 0 Å². The van der Waals surface area contributed by atoms with Gasteiger partial charge in [0, 0.05) is 6.20 Å². The Balaban J connectivity index is 2.42. The number of rotatable bonds is 3. The number of aromatic amines is 1. The van der Waals surface area contributed by atoms with Crippen molar-refractivity contribution in [2.24, 2.45) is 0 Å². The highest BCUT2D eigenvalue weighted by Gasteiger charge is 2.09. The van der Waals surface area contributed by atoms with E-state index in [1.807, 2.05) is 19.9 Å². The fourth-order valence-corrected chi connectivity index (χ4v) is 1.30. The van der Waals surface area contributed by atoms with E-state index in [0.29, 0.717) is 18.2 Å². The second kappa shape index (κ2) is 4.08. The molecule has 0 fully saturated rings. The maximum atomic E-state index is 5.44. The lowest BCUT2D eigenvalue weighted by atomic mass is 10.2. The first-order valence-electron chi connectivity index (χ1n) is 4.77. The molecule has 0 aliphatic carbocycles. The third kappa shape index (κ3) is 1.96. The molecule has 0 aliphatic rings. The van der Waals surface area contributed by atoms with Crippen molar-refractivity contribution in [1.82, 2.24) is 20.2 Å². The van der Waals surface area contributed by atoms with Gasteiger partial charge in [-0.2, -0.15) is 5.10 Å². The van der Waals surface area contributed by atoms with Gasteiger partial charge in [-0.25, -0.2) is 4.98 Å². The van der Waals surface area contributed by atoms with Crippen LogP contribution in [0, 0.1) is 6.92 Å². The van der Waals surface area contributed by atoms with Crippen LogP contribution >= 0.6 is 0 Å². The summed E-state index contributed by atoms with van der Waals surface area (Å²) < 4.78 is 5.44. The Bertz CT molecular complexity index is 452. The number of ether oxygens (including phenoxy) is 1. The molecule has 0 unspecified atom stereocenters. The first-order chi connectivity index (χ1) is 7.31. The van der Waals surface area contributed by atoms with Crippen molar-refractivity contribution in [2.45, 2.75) is 13.8 Å². The molecule has 0 aliphatic heterocycles. The van der Waals surface area contributed by atoms with Crippen LogP contribution in [-0.4, -0.2) is 26.8 Å². The molecule has 0 atom stereocenters. The molecule has 5 nitrogen and oxygen atoms in total. The molecule has 0 amide bonds. The summed E-state index contributed by atoms with van der Waals surface area (Å²) in [6.07, 6.45) is 3.37. The van der Waals surface area contributed by atoms with Crippen molar-refractivity contribution in [1.29, 1.82) is 0 Å². The second-order valence-electron chi connectivity index (χ2n) is 3.05. The van der Waals surface area contributed by atoms with E-state index in [1.165, 1.54) is 0 Å². The summed E-state index contributed by atoms with van der Waals surface area (Å²) in [6, 6.07) is 1.84. The molecule has 0 radical (unpaired) electrons. The minimum atomic E-state index is 0.599. The topological polar surface area (TPSA) is 63.7 Å². The van der Waals surface area contributed by atoms with Crippen LogP contribution in [0.1, 0.15) is 12.7 Å². The van der Waals surface area contributed by atoms with Crippen LogP contribution in [0.25, 0.3) is 11.4 Å². The van der Waals surface area contributed by atoms with E-state index in [9.17, 15) is 0 Å². The highest BCUT2D eigenvalue weighted by Crippen LogP contribution is 2.25. The van der Waals surface area contributed by atoms with Gasteiger partial charge in [-0.3, -0.25) is 10.1 Å². The zero-order valence-electron chi connectivity index (χ0n) is 8.69. The lowest BCUT2D eigenvalue weighted by molar-refractivity contribution is 0.340. The van der Waals surface area contributed by atoms with Gasteiger partial charge in [-0.05, 0) is 19.9 Å². The van der Waals surface area contributed by atoms with Crippen molar-refractivity contribution in [2.75, 3.05) is 6.61 Å². The molecule has 15 heavy (non-hydrogen) atoms. The van der Waals surface area contributed by atoms with Crippen LogP contribution in [-0.2, 0) is 0 Å². The second-order valence-corrected chi connectivity index (χ2v) is 3.05. The average molecular weight is 204 g/mol. The fourth-order valence-electron chi connectivity index (χ4n) is 1.30. The molecule has 0 saturated carbocycles. The van der Waals surface area contributed by atoms with Gasteiger partial charge in [-0.1, -0.05) is 0 Å². The fraction of sp³-hybridized carbons (Fsp3) is 0.300. The van der Waals surface area contributed by atoms with E-state index in [0.717, 1.165) is 11.4 Å². The average Bonchev–Trinajstić information content (AvgIpc) is 2.66. The summed E-state index contributed by atoms with van der Waals surface area (Å²) in [4.78, 5) is 8.25. The van der Waals surface area contributed by atoms with Crippen molar-refractivity contribution >= 4 is 0 Å². The van der Waals surface area contributed by atoms with Crippen LogP contribution in [0.15, 0.2) is 18.5 Å². The maximum Gasteiger partial charge on any atom is 0.184 e. The van der Waals surface area contributed by atoms with E-state index in [1.54, 1.807) is 12.4 Å². The van der Waals surface area contributed by atoms with Crippen LogP contribution in [0.5, 0.6) is 5.75 Å². The zero-order valence-corrected chi connectivity index (χ0v) is 8.69. The predicted octanol–water partition coefficient (Wildman–Crippen LogP) is 1.57. The standard InChI is InChI=1S/C10H12N4O/c1-3-15-9-6-11-5-4-8(9)10-12-7(2)13-14-10/h4-6H,3H2,1-2H3,(H,12,13,14). The number of nitrogens with one attached hydrogen (secondary N) is 1. The van der Waals surface area contributed by atoms with Crippen molar-refractivity contribution in [3.05, 3.63) is 24.3 Å². The SMILES string of the molecule is CCOc1cnccc1-c1n[nH]c(C)n1. The molecule has 2 aromatic rings. The summed E-state index contributed by atoms with van der Waals surface area (Å²) >= 11 is 0.